The third kappa shape index (κ3) is 16.4. The summed E-state index contributed by atoms with van der Waals surface area (Å²) in [5.41, 5.74) is -1.92. The number of hydrogen-bond acceptors (Lipinski definition) is 11. The number of aliphatic hydroxyl groups is 4. The minimum Gasteiger partial charge on any atom is -0.496 e. The van der Waals surface area contributed by atoms with Crippen LogP contribution in [0, 0.1) is 10.1 Å². The Labute approximate surface area is 309 Å². The van der Waals surface area contributed by atoms with Crippen molar-refractivity contribution in [1.29, 1.82) is 0 Å². The molecule has 16 nitrogen and oxygen atoms in total. The molecule has 0 aromatic heterocycles. The van der Waals surface area contributed by atoms with E-state index in [4.69, 9.17) is 35.4 Å². The van der Waals surface area contributed by atoms with Crippen LogP contribution in [0.2, 0.25) is 0 Å². The van der Waals surface area contributed by atoms with Gasteiger partial charge in [-0.3, -0.25) is 10.1 Å². The van der Waals surface area contributed by atoms with Crippen LogP contribution in [0.3, 0.4) is 0 Å². The number of rotatable bonds is 14. The van der Waals surface area contributed by atoms with E-state index >= 15 is 0 Å². The molecule has 0 aliphatic rings. The highest BCUT2D eigenvalue weighted by Crippen LogP contribution is 2.19. The fourth-order valence-electron chi connectivity index (χ4n) is 4.26. The zero-order valence-electron chi connectivity index (χ0n) is 29.3. The fourth-order valence-corrected chi connectivity index (χ4v) is 4.26. The summed E-state index contributed by atoms with van der Waals surface area (Å²) in [4.78, 5) is 51.1. The Bertz CT molecular complexity index is 1750. The van der Waals surface area contributed by atoms with Crippen molar-refractivity contribution >= 4 is 23.9 Å². The monoisotopic (exact) mass is 753 g/mol. The molecular weight excluding hydrogens is 710 g/mol. The molecule has 0 saturated carbocycles. The van der Waals surface area contributed by atoms with Crippen molar-refractivity contribution < 1.29 is 69.7 Å². The first-order valence-corrected chi connectivity index (χ1v) is 16.0. The Morgan fingerprint density at radius 3 is 1.41 bits per heavy atom. The molecule has 4 rings (SSSR count). The third-order valence-corrected chi connectivity index (χ3v) is 7.24. The van der Waals surface area contributed by atoms with Gasteiger partial charge in [-0.2, -0.15) is 0 Å². The van der Waals surface area contributed by atoms with Crippen LogP contribution < -0.4 is 4.74 Å². The first kappa shape index (κ1) is 45.8. The lowest BCUT2D eigenvalue weighted by Gasteiger charge is -2.17. The van der Waals surface area contributed by atoms with Gasteiger partial charge in [0.25, 0.3) is 0 Å². The Morgan fingerprint density at radius 2 is 1.02 bits per heavy atom. The van der Waals surface area contributed by atoms with E-state index in [0.717, 1.165) is 11.1 Å². The van der Waals surface area contributed by atoms with E-state index < -0.39 is 58.8 Å². The van der Waals surface area contributed by atoms with Crippen LogP contribution in [0.25, 0.3) is 0 Å². The summed E-state index contributed by atoms with van der Waals surface area (Å²) < 4.78 is 5.02. The van der Waals surface area contributed by atoms with Crippen molar-refractivity contribution in [2.45, 2.75) is 56.1 Å². The molecule has 4 aromatic rings. The van der Waals surface area contributed by atoms with Crippen LogP contribution in [-0.4, -0.2) is 100 Å². The minimum absolute atomic E-state index is 0.0549. The van der Waals surface area contributed by atoms with Gasteiger partial charge in [0.05, 0.1) is 18.5 Å². The highest BCUT2D eigenvalue weighted by Gasteiger charge is 2.49. The summed E-state index contributed by atoms with van der Waals surface area (Å²) in [5, 5.41) is 81.5. The highest BCUT2D eigenvalue weighted by atomic mass is 16.7. The van der Waals surface area contributed by atoms with Crippen molar-refractivity contribution in [2.24, 2.45) is 0 Å². The largest absolute Gasteiger partial charge is 0.496 e. The molecule has 0 amide bonds. The van der Waals surface area contributed by atoms with E-state index in [-0.39, 0.29) is 19.3 Å². The van der Waals surface area contributed by atoms with Gasteiger partial charge in [-0.15, -0.1) is 0 Å². The van der Waals surface area contributed by atoms with Gasteiger partial charge in [0.15, 0.2) is 17.8 Å². The number of para-hydroxylation sites is 1. The van der Waals surface area contributed by atoms with Gasteiger partial charge >= 0.3 is 29.6 Å². The molecule has 0 spiro atoms. The number of benzene rings is 4. The molecule has 16 heteroatoms. The number of hydrogen-bond donors (Lipinski definition) is 8. The number of methoxy groups -OCH3 is 1. The number of aliphatic carboxylic acids is 4. The van der Waals surface area contributed by atoms with Gasteiger partial charge in [0.2, 0.25) is 0 Å². The Morgan fingerprint density at radius 1 is 0.630 bits per heavy atom. The Kier molecular flexibility index (Phi) is 19.2. The number of nitrogens with zero attached hydrogens (tertiary/aromatic N) is 1. The molecule has 0 radical (unpaired) electrons. The van der Waals surface area contributed by atoms with Gasteiger partial charge in [0.1, 0.15) is 5.75 Å². The van der Waals surface area contributed by atoms with Crippen LogP contribution in [0.15, 0.2) is 115 Å². The van der Waals surface area contributed by atoms with E-state index in [9.17, 15) is 39.5 Å². The lowest BCUT2D eigenvalue weighted by molar-refractivity contribution is -0.606. The standard InChI is InChI=1S/C10H12O4.C10H12O3.C9H9NO5.C9H10O3/c1-14-9-5-3-2-4-7(9)6-8(11)10(12)13;1-10(13,9(11)12)7-8-5-3-2-4-6-8;11-8(12)9(13,10(14)15)6-7-4-2-1-3-5-7;10-8(9(11)12)6-7-4-2-1-3-5-7/h2-5,8,11H,6H2,1H3,(H,12,13);2-6,13H,7H2,1H3,(H,11,12);1-5,13H,6H2,(H,11,12);1-5,8,10H,6H2,(H,11,12). The van der Waals surface area contributed by atoms with Crippen LogP contribution in [-0.2, 0) is 44.9 Å². The van der Waals surface area contributed by atoms with Crippen molar-refractivity contribution in [3.05, 3.63) is 148 Å². The maximum absolute atomic E-state index is 10.6. The second-order valence-electron chi connectivity index (χ2n) is 11.7. The van der Waals surface area contributed by atoms with E-state index in [1.807, 2.05) is 36.4 Å². The van der Waals surface area contributed by atoms with Gasteiger partial charge < -0.3 is 45.6 Å². The molecule has 0 saturated heterocycles. The summed E-state index contributed by atoms with van der Waals surface area (Å²) in [6.45, 7) is 1.29. The topological polar surface area (TPSA) is 282 Å². The van der Waals surface area contributed by atoms with E-state index in [0.29, 0.717) is 16.9 Å². The summed E-state index contributed by atoms with van der Waals surface area (Å²) in [7, 11) is 1.51. The smallest absolute Gasteiger partial charge is 0.423 e. The Balaban J connectivity index is 0.000000361. The van der Waals surface area contributed by atoms with Crippen LogP contribution >= 0.6 is 0 Å². The zero-order chi connectivity index (χ0) is 40.9. The number of carboxylic acids is 4. The Hall–Kier alpha value is -6.20. The quantitative estimate of drug-likeness (QED) is 0.0522. The summed E-state index contributed by atoms with van der Waals surface area (Å²) in [6.07, 6.45) is -2.90. The fraction of sp³-hybridized carbons (Fsp3) is 0.263. The minimum atomic E-state index is -2.96. The molecule has 0 aliphatic heterocycles. The summed E-state index contributed by atoms with van der Waals surface area (Å²) >= 11 is 0. The first-order valence-electron chi connectivity index (χ1n) is 16.0. The lowest BCUT2D eigenvalue weighted by atomic mass is 9.97. The molecule has 4 unspecified atom stereocenters. The molecular formula is C38H43NO15. The van der Waals surface area contributed by atoms with Crippen molar-refractivity contribution in [2.75, 3.05) is 7.11 Å². The molecule has 0 fully saturated rings. The molecule has 4 atom stereocenters. The SMILES string of the molecule is CC(O)(Cc1ccccc1)C(=O)O.COc1ccccc1CC(O)C(=O)O.O=C(O)C(O)(Cc1ccccc1)[N+](=O)[O-].O=C(O)C(O)Cc1ccccc1. The molecule has 0 heterocycles. The van der Waals surface area contributed by atoms with Crippen LogP contribution in [0.1, 0.15) is 29.2 Å². The third-order valence-electron chi connectivity index (χ3n) is 7.24. The maximum Gasteiger partial charge on any atom is 0.423 e. The predicted octanol–water partition coefficient (Wildman–Crippen LogP) is 2.70. The van der Waals surface area contributed by atoms with Crippen molar-refractivity contribution in [3.8, 4) is 5.75 Å². The average molecular weight is 754 g/mol. The van der Waals surface area contributed by atoms with E-state index in [1.165, 1.54) is 26.2 Å². The van der Waals surface area contributed by atoms with E-state index in [1.54, 1.807) is 66.7 Å². The molecule has 0 bridgehead atoms. The number of nitro groups is 1. The predicted molar refractivity (Wildman–Crippen MR) is 192 cm³/mol. The molecule has 8 N–H and O–H groups in total. The number of aliphatic hydroxyl groups excluding tert-OH is 2. The van der Waals surface area contributed by atoms with Gasteiger partial charge in [-0.1, -0.05) is 109 Å². The summed E-state index contributed by atoms with van der Waals surface area (Å²) in [5.74, 6) is -4.88. The van der Waals surface area contributed by atoms with Crippen LogP contribution in [0.5, 0.6) is 5.75 Å². The van der Waals surface area contributed by atoms with Crippen molar-refractivity contribution in [3.63, 3.8) is 0 Å². The maximum atomic E-state index is 10.6. The first-order chi connectivity index (χ1) is 25.3. The molecule has 54 heavy (non-hydrogen) atoms. The molecule has 290 valence electrons. The van der Waals surface area contributed by atoms with Gasteiger partial charge in [-0.05, 0) is 35.2 Å². The normalized spacial score (nSPS) is 13.4. The van der Waals surface area contributed by atoms with Gasteiger partial charge in [-0.25, -0.2) is 19.2 Å². The second kappa shape index (κ2) is 22.7. The van der Waals surface area contributed by atoms with Crippen molar-refractivity contribution in [1.82, 2.24) is 0 Å². The zero-order valence-corrected chi connectivity index (χ0v) is 29.3. The molecule has 0 aliphatic carbocycles. The number of ether oxygens (including phenoxy) is 1. The second-order valence-corrected chi connectivity index (χ2v) is 11.7. The van der Waals surface area contributed by atoms with E-state index in [2.05, 4.69) is 0 Å². The number of carbonyl (C=O) groups is 4. The number of carboxylic acid groups (broad SMARTS) is 4. The highest BCUT2D eigenvalue weighted by molar-refractivity contribution is 5.77. The summed E-state index contributed by atoms with van der Waals surface area (Å²) in [6, 6.07) is 33.0. The average Bonchev–Trinajstić information content (AvgIpc) is 3.13. The van der Waals surface area contributed by atoms with Gasteiger partial charge in [0, 0.05) is 19.3 Å². The lowest BCUT2D eigenvalue weighted by Crippen LogP contribution is -2.48. The van der Waals surface area contributed by atoms with Crippen LogP contribution in [0.4, 0.5) is 0 Å². The molecule has 4 aromatic carbocycles.